The maximum absolute atomic E-state index is 10.3. The van der Waals surface area contributed by atoms with Gasteiger partial charge in [0, 0.05) is 0 Å². The van der Waals surface area contributed by atoms with Crippen LogP contribution in [0.2, 0.25) is 0 Å². The van der Waals surface area contributed by atoms with Gasteiger partial charge >= 0.3 is 18.1 Å². The molecule has 0 aromatic carbocycles. The minimum Gasteiger partial charge on any atom is -0.260 e. The predicted molar refractivity (Wildman–Crippen MR) is 39.2 cm³/mol. The molecule has 13 heteroatoms. The Kier molecular flexibility index (Phi) is 1.92. The van der Waals surface area contributed by atoms with Gasteiger partial charge in [-0.3, -0.25) is 30.3 Å². The van der Waals surface area contributed by atoms with Gasteiger partial charge in [0.25, 0.3) is 0 Å². The summed E-state index contributed by atoms with van der Waals surface area (Å²) in [7, 11) is 0. The maximum atomic E-state index is 10.3. The van der Waals surface area contributed by atoms with Crippen LogP contribution in [-0.4, -0.2) is 32.9 Å². The molecule has 0 bridgehead atoms. The summed E-state index contributed by atoms with van der Waals surface area (Å²) in [5.41, 5.74) is 0. The summed E-state index contributed by atoms with van der Waals surface area (Å²) in [4.78, 5) is 27.0. The van der Waals surface area contributed by atoms with E-state index >= 15 is 0 Å². The van der Waals surface area contributed by atoms with Crippen LogP contribution in [0.3, 0.4) is 0 Å². The zero-order valence-corrected chi connectivity index (χ0v) is 7.92. The minimum atomic E-state index is -3.36. The molecule has 0 amide bonds. The highest BCUT2D eigenvalue weighted by molar-refractivity contribution is 4.70. The summed E-state index contributed by atoms with van der Waals surface area (Å²) in [6.45, 7) is 0.864. The summed E-state index contributed by atoms with van der Waals surface area (Å²) in [5.74, 6) is -2.32. The molecule has 1 spiro atoms. The van der Waals surface area contributed by atoms with Crippen LogP contribution in [0.5, 0.6) is 0 Å². The van der Waals surface area contributed by atoms with E-state index < -0.39 is 32.9 Å². The molecule has 2 aliphatic rings. The fourth-order valence-electron chi connectivity index (χ4n) is 1.18. The zero-order chi connectivity index (χ0) is 13.1. The van der Waals surface area contributed by atoms with Crippen LogP contribution >= 0.6 is 0 Å². The van der Waals surface area contributed by atoms with Gasteiger partial charge in [0.1, 0.15) is 0 Å². The van der Waals surface area contributed by atoms with Gasteiger partial charge in [-0.05, 0) is 0 Å². The molecule has 0 unspecified atom stereocenters. The third kappa shape index (κ3) is 1.27. The molecule has 2 saturated heterocycles. The largest absolute Gasteiger partial charge is 0.730 e. The lowest BCUT2D eigenvalue weighted by Crippen LogP contribution is -2.81. The van der Waals surface area contributed by atoms with Crippen molar-refractivity contribution in [3.63, 3.8) is 0 Å². The quantitative estimate of drug-likeness (QED) is 0.338. The molecule has 0 aromatic heterocycles. The van der Waals surface area contributed by atoms with Crippen molar-refractivity contribution >= 4 is 0 Å². The SMILES string of the molecule is CC1([N+](=O)[O-])OC2(O1)OC([N+](=O)[O-])([N+](=O)[O-])O2. The number of rotatable bonds is 3. The highest BCUT2D eigenvalue weighted by Gasteiger charge is 2.90. The van der Waals surface area contributed by atoms with E-state index in [0.717, 1.165) is 6.92 Å². The Morgan fingerprint density at radius 1 is 0.824 bits per heavy atom. The van der Waals surface area contributed by atoms with Gasteiger partial charge in [0.05, 0.1) is 11.8 Å². The number of ether oxygens (including phenoxy) is 4. The Morgan fingerprint density at radius 2 is 1.24 bits per heavy atom. The molecule has 2 aliphatic heterocycles. The van der Waals surface area contributed by atoms with E-state index in [1.807, 2.05) is 0 Å². The molecule has 2 heterocycles. The van der Waals surface area contributed by atoms with Crippen molar-refractivity contribution < 1.29 is 33.7 Å². The molecule has 13 nitrogen and oxygen atoms in total. The van der Waals surface area contributed by atoms with Crippen LogP contribution in [0.25, 0.3) is 0 Å². The fourth-order valence-corrected chi connectivity index (χ4v) is 1.18. The Morgan fingerprint density at radius 3 is 1.53 bits per heavy atom. The van der Waals surface area contributed by atoms with E-state index in [1.165, 1.54) is 0 Å². The molecule has 0 radical (unpaired) electrons. The molecule has 0 saturated carbocycles. The molecule has 2 rings (SSSR count). The second-order valence-electron chi connectivity index (χ2n) is 3.13. The van der Waals surface area contributed by atoms with Gasteiger partial charge in [-0.15, -0.1) is 9.47 Å². The van der Waals surface area contributed by atoms with Gasteiger partial charge in [-0.2, -0.15) is 0 Å². The molecule has 0 aliphatic carbocycles. The minimum absolute atomic E-state index is 0.864. The lowest BCUT2D eigenvalue weighted by Gasteiger charge is -2.48. The first-order chi connectivity index (χ1) is 7.66. The number of nitro groups is 3. The number of hydrogen-bond acceptors (Lipinski definition) is 10. The van der Waals surface area contributed by atoms with E-state index in [1.54, 1.807) is 0 Å². The molecule has 0 N–H and O–H groups in total. The Hall–Kier alpha value is -1.96. The summed E-state index contributed by atoms with van der Waals surface area (Å²) in [6.07, 6.45) is -2.57. The summed E-state index contributed by atoms with van der Waals surface area (Å²) in [6, 6.07) is -3.36. The smallest absolute Gasteiger partial charge is 0.260 e. The van der Waals surface area contributed by atoms with Crippen molar-refractivity contribution in [3.05, 3.63) is 30.3 Å². The monoisotopic (exact) mass is 253 g/mol. The average Bonchev–Trinajstić information content (AvgIpc) is 2.06. The third-order valence-corrected chi connectivity index (χ3v) is 1.94. The lowest BCUT2D eigenvalue weighted by atomic mass is 10.5. The van der Waals surface area contributed by atoms with Crippen LogP contribution in [0.1, 0.15) is 6.92 Å². The Balaban J connectivity index is 2.07. The first-order valence-electron chi connectivity index (χ1n) is 3.90. The molecular weight excluding hydrogens is 250 g/mol. The highest BCUT2D eigenvalue weighted by atomic mass is 17.2. The zero-order valence-electron chi connectivity index (χ0n) is 7.92. The highest BCUT2D eigenvalue weighted by Crippen LogP contribution is 2.51. The van der Waals surface area contributed by atoms with Crippen LogP contribution in [-0.2, 0) is 18.9 Å². The molecule has 2 fully saturated rings. The van der Waals surface area contributed by atoms with Gasteiger partial charge < -0.3 is 0 Å². The third-order valence-electron chi connectivity index (χ3n) is 1.94. The van der Waals surface area contributed by atoms with Crippen molar-refractivity contribution in [3.8, 4) is 0 Å². The fraction of sp³-hybridized carbons (Fsp3) is 1.00. The van der Waals surface area contributed by atoms with Crippen LogP contribution in [0.15, 0.2) is 0 Å². The van der Waals surface area contributed by atoms with E-state index in [4.69, 9.17) is 0 Å². The van der Waals surface area contributed by atoms with E-state index in [0.29, 0.717) is 0 Å². The number of nitrogens with zero attached hydrogens (tertiary/aromatic N) is 3. The van der Waals surface area contributed by atoms with E-state index in [9.17, 15) is 30.3 Å². The Labute approximate surface area is 90.2 Å². The van der Waals surface area contributed by atoms with Crippen LogP contribution in [0, 0.1) is 30.3 Å². The first kappa shape index (κ1) is 11.5. The van der Waals surface area contributed by atoms with Crippen molar-refractivity contribution in [2.24, 2.45) is 0 Å². The van der Waals surface area contributed by atoms with E-state index in [-0.39, 0.29) is 0 Å². The van der Waals surface area contributed by atoms with Gasteiger partial charge in [0.15, 0.2) is 9.85 Å². The second kappa shape index (κ2) is 2.83. The summed E-state index contributed by atoms with van der Waals surface area (Å²) in [5, 5.41) is 31.0. The number of hydrogen-bond donors (Lipinski definition) is 0. The van der Waals surface area contributed by atoms with Crippen molar-refractivity contribution in [2.75, 3.05) is 0 Å². The molecule has 17 heavy (non-hydrogen) atoms. The summed E-state index contributed by atoms with van der Waals surface area (Å²) < 4.78 is 17.1. The topological polar surface area (TPSA) is 166 Å². The van der Waals surface area contributed by atoms with Crippen LogP contribution in [0.4, 0.5) is 0 Å². The van der Waals surface area contributed by atoms with E-state index in [2.05, 4.69) is 18.9 Å². The average molecular weight is 253 g/mol. The van der Waals surface area contributed by atoms with Gasteiger partial charge in [0.2, 0.25) is 0 Å². The Bertz CT molecular complexity index is 401. The first-order valence-corrected chi connectivity index (χ1v) is 3.90. The predicted octanol–water partition coefficient (Wildman–Crippen LogP) is -1.19. The molecule has 0 atom stereocenters. The molecular formula is C4H3N3O10. The lowest BCUT2D eigenvalue weighted by molar-refractivity contribution is -1.03. The van der Waals surface area contributed by atoms with Gasteiger partial charge in [-0.1, -0.05) is 0 Å². The van der Waals surface area contributed by atoms with Crippen LogP contribution < -0.4 is 0 Å². The molecule has 94 valence electrons. The van der Waals surface area contributed by atoms with Crippen molar-refractivity contribution in [1.29, 1.82) is 0 Å². The van der Waals surface area contributed by atoms with Crippen molar-refractivity contribution in [1.82, 2.24) is 0 Å². The summed E-state index contributed by atoms with van der Waals surface area (Å²) >= 11 is 0. The normalized spacial score (nSPS) is 26.6. The van der Waals surface area contributed by atoms with Gasteiger partial charge in [-0.25, -0.2) is 9.47 Å². The molecule has 0 aromatic rings. The maximum Gasteiger partial charge on any atom is 0.730 e. The second-order valence-corrected chi connectivity index (χ2v) is 3.13. The standard InChI is InChI=1S/C4H3N3O10/c1-2(5(8)9)14-4(15-2)16-3(17-4,6(10)11)7(12)13/h1H3. The van der Waals surface area contributed by atoms with Crippen molar-refractivity contribution in [2.45, 2.75) is 25.0 Å².